The van der Waals surface area contributed by atoms with E-state index in [9.17, 15) is 26.4 Å². The first-order chi connectivity index (χ1) is 14.1. The number of halogens is 3. The molecule has 172 valence electrons. The van der Waals surface area contributed by atoms with Gasteiger partial charge in [-0.25, -0.2) is 0 Å². The molecule has 0 aliphatic carbocycles. The Labute approximate surface area is 183 Å². The molecule has 9 heteroatoms. The van der Waals surface area contributed by atoms with Crippen molar-refractivity contribution in [3.63, 3.8) is 0 Å². The van der Waals surface area contributed by atoms with Crippen LogP contribution in [0.1, 0.15) is 40.5 Å². The summed E-state index contributed by atoms with van der Waals surface area (Å²) < 4.78 is 64.5. The van der Waals surface area contributed by atoms with Crippen LogP contribution in [0.3, 0.4) is 0 Å². The van der Waals surface area contributed by atoms with Gasteiger partial charge in [0.05, 0.1) is 6.61 Å². The number of alkyl halides is 3. The molecule has 0 aliphatic heterocycles. The predicted octanol–water partition coefficient (Wildman–Crippen LogP) is 4.19. The van der Waals surface area contributed by atoms with Crippen molar-refractivity contribution in [2.75, 3.05) is 6.61 Å². The van der Waals surface area contributed by atoms with Gasteiger partial charge in [-0.05, 0) is 33.7 Å². The van der Waals surface area contributed by atoms with E-state index in [1.807, 2.05) is 74.5 Å². The van der Waals surface area contributed by atoms with Crippen molar-refractivity contribution in [3.05, 3.63) is 60.7 Å². The van der Waals surface area contributed by atoms with Gasteiger partial charge in [-0.3, -0.25) is 4.18 Å². The molecule has 1 N–H and O–H groups in total. The minimum atomic E-state index is -5.64. The normalized spacial score (nSPS) is 13.9. The fraction of sp³-hybridized carbons (Fsp3) is 0.455. The summed E-state index contributed by atoms with van der Waals surface area (Å²) in [6.07, 6.45) is 0.824. The summed E-state index contributed by atoms with van der Waals surface area (Å²) in [5.74, 6) is 0. The maximum atomic E-state index is 12.6. The highest BCUT2D eigenvalue weighted by molar-refractivity contribution is 7.87. The lowest BCUT2D eigenvalue weighted by molar-refractivity contribution is -0.0563. The van der Waals surface area contributed by atoms with Crippen LogP contribution in [0.2, 0.25) is 5.04 Å². The standard InChI is InChI=1S/C22H29F3O4SSi/c1-20(2,17-29-30(26,27)22(23,24)25)15-16-21(3,4)31(28,18-11-7-5-8-12-18)19-13-9-6-10-14-19/h5-14,28H,15-17H2,1-4H3. The summed E-state index contributed by atoms with van der Waals surface area (Å²) >= 11 is 0. The van der Waals surface area contributed by atoms with E-state index in [0.29, 0.717) is 12.8 Å². The molecule has 0 radical (unpaired) electrons. The van der Waals surface area contributed by atoms with Gasteiger partial charge in [-0.15, -0.1) is 0 Å². The van der Waals surface area contributed by atoms with Gasteiger partial charge in [0, 0.05) is 0 Å². The summed E-state index contributed by atoms with van der Waals surface area (Å²) in [6.45, 7) is 6.61. The average Bonchev–Trinajstić information content (AvgIpc) is 2.71. The molecule has 0 saturated carbocycles. The van der Waals surface area contributed by atoms with Gasteiger partial charge < -0.3 is 4.80 Å². The molecule has 0 heterocycles. The molecule has 0 unspecified atom stereocenters. The fourth-order valence-corrected chi connectivity index (χ4v) is 7.86. The largest absolute Gasteiger partial charge is 0.523 e. The molecule has 0 saturated heterocycles. The molecule has 0 aromatic heterocycles. The van der Waals surface area contributed by atoms with Gasteiger partial charge in [-0.1, -0.05) is 88.4 Å². The molecule has 0 bridgehead atoms. The monoisotopic (exact) mass is 474 g/mol. The van der Waals surface area contributed by atoms with E-state index in [4.69, 9.17) is 0 Å². The molecule has 0 fully saturated rings. The van der Waals surface area contributed by atoms with E-state index in [1.54, 1.807) is 13.8 Å². The van der Waals surface area contributed by atoms with Crippen LogP contribution in [0.4, 0.5) is 13.2 Å². The van der Waals surface area contributed by atoms with E-state index in [2.05, 4.69) is 4.18 Å². The first kappa shape index (κ1) is 25.6. The average molecular weight is 475 g/mol. The highest BCUT2D eigenvalue weighted by Crippen LogP contribution is 2.43. The molecule has 0 spiro atoms. The van der Waals surface area contributed by atoms with E-state index < -0.39 is 41.0 Å². The number of benzene rings is 2. The second-order valence-electron chi connectivity index (χ2n) is 9.15. The van der Waals surface area contributed by atoms with Crippen molar-refractivity contribution >= 4 is 28.8 Å². The molecular formula is C22H29F3O4SSi. The zero-order chi connectivity index (χ0) is 23.6. The van der Waals surface area contributed by atoms with Crippen molar-refractivity contribution in [1.29, 1.82) is 0 Å². The third-order valence-corrected chi connectivity index (χ3v) is 11.2. The zero-order valence-electron chi connectivity index (χ0n) is 18.1. The van der Waals surface area contributed by atoms with Crippen LogP contribution in [-0.4, -0.2) is 33.6 Å². The summed E-state index contributed by atoms with van der Waals surface area (Å²) in [7, 11) is -8.90. The summed E-state index contributed by atoms with van der Waals surface area (Å²) in [5, 5.41) is 1.07. The SMILES string of the molecule is CC(C)(CCC(C)(C)[Si](O)(c1ccccc1)c1ccccc1)COS(=O)(=O)C(F)(F)F. The minimum Gasteiger partial charge on any atom is -0.424 e. The highest BCUT2D eigenvalue weighted by Gasteiger charge is 2.51. The second-order valence-corrected chi connectivity index (χ2v) is 14.7. The van der Waals surface area contributed by atoms with Gasteiger partial charge in [0.2, 0.25) is 0 Å². The molecule has 0 aliphatic rings. The Morgan fingerprint density at radius 2 is 1.26 bits per heavy atom. The van der Waals surface area contributed by atoms with Crippen LogP contribution >= 0.6 is 0 Å². The zero-order valence-corrected chi connectivity index (χ0v) is 19.9. The summed E-state index contributed by atoms with van der Waals surface area (Å²) in [4.78, 5) is 12.1. The third-order valence-electron chi connectivity index (χ3n) is 5.68. The Kier molecular flexibility index (Phi) is 7.47. The lowest BCUT2D eigenvalue weighted by Gasteiger charge is -2.42. The van der Waals surface area contributed by atoms with Gasteiger partial charge in [0.15, 0.2) is 0 Å². The lowest BCUT2D eigenvalue weighted by Crippen LogP contribution is -2.65. The summed E-state index contributed by atoms with van der Waals surface area (Å²) in [6, 6.07) is 18.8. The van der Waals surface area contributed by atoms with E-state index in [-0.39, 0.29) is 0 Å². The number of hydrogen-bond donors (Lipinski definition) is 1. The van der Waals surface area contributed by atoms with Gasteiger partial charge >= 0.3 is 15.6 Å². The van der Waals surface area contributed by atoms with Gasteiger partial charge in [0.1, 0.15) is 0 Å². The molecular weight excluding hydrogens is 445 g/mol. The van der Waals surface area contributed by atoms with Crippen LogP contribution < -0.4 is 10.4 Å². The molecule has 2 aromatic carbocycles. The molecule has 31 heavy (non-hydrogen) atoms. The number of hydrogen-bond acceptors (Lipinski definition) is 4. The highest BCUT2D eigenvalue weighted by atomic mass is 32.2. The molecule has 2 aromatic rings. The molecule has 2 rings (SSSR count). The van der Waals surface area contributed by atoms with Crippen molar-refractivity contribution in [2.45, 2.75) is 51.1 Å². The second kappa shape index (κ2) is 9.05. The molecule has 0 amide bonds. The van der Waals surface area contributed by atoms with Crippen LogP contribution in [-0.2, 0) is 14.3 Å². The maximum Gasteiger partial charge on any atom is 0.523 e. The minimum absolute atomic E-state index is 0.363. The lowest BCUT2D eigenvalue weighted by atomic mass is 9.86. The smallest absolute Gasteiger partial charge is 0.424 e. The van der Waals surface area contributed by atoms with Crippen LogP contribution in [0.25, 0.3) is 0 Å². The van der Waals surface area contributed by atoms with E-state index >= 15 is 0 Å². The van der Waals surface area contributed by atoms with Crippen molar-refractivity contribution in [3.8, 4) is 0 Å². The van der Waals surface area contributed by atoms with Gasteiger partial charge in [0.25, 0.3) is 8.32 Å². The fourth-order valence-electron chi connectivity index (χ4n) is 3.51. The first-order valence-corrected chi connectivity index (χ1v) is 13.3. The maximum absolute atomic E-state index is 12.6. The van der Waals surface area contributed by atoms with Crippen molar-refractivity contribution in [2.24, 2.45) is 5.41 Å². The Balaban J connectivity index is 2.27. The van der Waals surface area contributed by atoms with Crippen LogP contribution in [0, 0.1) is 5.41 Å². The quantitative estimate of drug-likeness (QED) is 0.336. The Morgan fingerprint density at radius 3 is 1.65 bits per heavy atom. The molecule has 0 atom stereocenters. The topological polar surface area (TPSA) is 63.6 Å². The Bertz CT molecular complexity index is 920. The Hall–Kier alpha value is -1.68. The van der Waals surface area contributed by atoms with Crippen LogP contribution in [0.15, 0.2) is 60.7 Å². The first-order valence-electron chi connectivity index (χ1n) is 9.92. The predicted molar refractivity (Wildman–Crippen MR) is 118 cm³/mol. The van der Waals surface area contributed by atoms with E-state index in [0.717, 1.165) is 10.4 Å². The third kappa shape index (κ3) is 5.77. The Morgan fingerprint density at radius 1 is 0.839 bits per heavy atom. The number of rotatable bonds is 9. The van der Waals surface area contributed by atoms with E-state index in [1.165, 1.54) is 0 Å². The van der Waals surface area contributed by atoms with Gasteiger partial charge in [-0.2, -0.15) is 21.6 Å². The van der Waals surface area contributed by atoms with Crippen LogP contribution in [0.5, 0.6) is 0 Å². The van der Waals surface area contributed by atoms with Crippen molar-refractivity contribution < 1.29 is 30.6 Å². The summed E-state index contributed by atoms with van der Waals surface area (Å²) in [5.41, 5.74) is -6.30. The van der Waals surface area contributed by atoms with Crippen molar-refractivity contribution in [1.82, 2.24) is 0 Å². The molecule has 4 nitrogen and oxygen atoms in total.